The van der Waals surface area contributed by atoms with Gasteiger partial charge in [-0.25, -0.2) is 0 Å². The van der Waals surface area contributed by atoms with Crippen LogP contribution in [0.5, 0.6) is 0 Å². The number of nitrogens with zero attached hydrogens (tertiary/aromatic N) is 1. The number of imide groups is 1. The lowest BCUT2D eigenvalue weighted by Crippen LogP contribution is -2.35. The fourth-order valence-electron chi connectivity index (χ4n) is 2.21. The van der Waals surface area contributed by atoms with Crippen molar-refractivity contribution in [3.8, 4) is 0 Å². The van der Waals surface area contributed by atoms with E-state index in [0.717, 1.165) is 17.5 Å². The van der Waals surface area contributed by atoms with E-state index in [0.29, 0.717) is 5.56 Å². The number of hydrogen-bond donors (Lipinski definition) is 0. The Morgan fingerprint density at radius 3 is 3.00 bits per heavy atom. The molecule has 0 spiro atoms. The van der Waals surface area contributed by atoms with Crippen LogP contribution >= 0.6 is 0 Å². The van der Waals surface area contributed by atoms with Gasteiger partial charge in [-0.2, -0.15) is 5.32 Å². The van der Waals surface area contributed by atoms with Gasteiger partial charge in [0.1, 0.15) is 0 Å². The molecule has 1 unspecified atom stereocenters. The zero-order valence-electron chi connectivity index (χ0n) is 7.93. The van der Waals surface area contributed by atoms with E-state index in [1.807, 2.05) is 24.3 Å². The van der Waals surface area contributed by atoms with Gasteiger partial charge in [-0.15, -0.1) is 0 Å². The molecule has 1 aromatic carbocycles. The summed E-state index contributed by atoms with van der Waals surface area (Å²) in [6.45, 7) is 0. The van der Waals surface area contributed by atoms with E-state index in [1.54, 1.807) is 6.07 Å². The van der Waals surface area contributed by atoms with Crippen molar-refractivity contribution >= 4 is 11.8 Å². The van der Waals surface area contributed by atoms with Crippen LogP contribution in [-0.2, 0) is 11.2 Å². The maximum Gasteiger partial charge on any atom is 0.280 e. The first-order valence-corrected chi connectivity index (χ1v) is 4.86. The Bertz CT molecular complexity index is 502. The van der Waals surface area contributed by atoms with Gasteiger partial charge in [-0.1, -0.05) is 24.3 Å². The quantitative estimate of drug-likeness (QED) is 0.464. The minimum atomic E-state index is -0.400. The van der Waals surface area contributed by atoms with Crippen LogP contribution in [0.1, 0.15) is 27.4 Å². The molecule has 3 nitrogen and oxygen atoms in total. The second-order valence-corrected chi connectivity index (χ2v) is 3.74. The molecule has 0 N–H and O–H groups in total. The van der Waals surface area contributed by atoms with Crippen molar-refractivity contribution < 1.29 is 9.59 Å². The summed E-state index contributed by atoms with van der Waals surface area (Å²) in [4.78, 5) is 23.1. The highest BCUT2D eigenvalue weighted by Gasteiger charge is 2.34. The molecule has 3 heteroatoms. The van der Waals surface area contributed by atoms with Crippen molar-refractivity contribution in [2.45, 2.75) is 12.3 Å². The number of benzene rings is 1. The van der Waals surface area contributed by atoms with E-state index in [9.17, 15) is 9.59 Å². The third kappa shape index (κ3) is 1.06. The largest absolute Gasteiger partial charge is 0.280 e. The second-order valence-electron chi connectivity index (χ2n) is 3.74. The highest BCUT2D eigenvalue weighted by Crippen LogP contribution is 2.33. The fourth-order valence-corrected chi connectivity index (χ4v) is 2.21. The molecule has 15 heavy (non-hydrogen) atoms. The summed E-state index contributed by atoms with van der Waals surface area (Å²) in [5.74, 6) is -1.07. The van der Waals surface area contributed by atoms with Crippen LogP contribution < -0.4 is 5.32 Å². The van der Waals surface area contributed by atoms with Gasteiger partial charge >= 0.3 is 0 Å². The van der Waals surface area contributed by atoms with E-state index < -0.39 is 5.91 Å². The molecule has 1 aromatic rings. The summed E-state index contributed by atoms with van der Waals surface area (Å²) < 4.78 is 0. The average Bonchev–Trinajstić information content (AvgIpc) is 2.25. The summed E-state index contributed by atoms with van der Waals surface area (Å²) in [5.41, 5.74) is 2.52. The fraction of sp³-hybridized carbons (Fsp3) is 0.167. The van der Waals surface area contributed by atoms with E-state index in [2.05, 4.69) is 5.32 Å². The van der Waals surface area contributed by atoms with Gasteiger partial charge in [0.05, 0.1) is 5.92 Å². The average molecular weight is 198 g/mol. The monoisotopic (exact) mass is 198 g/mol. The normalized spacial score (nSPS) is 22.3. The third-order valence-electron chi connectivity index (χ3n) is 2.88. The number of carbonyl (C=O) groups excluding carboxylic acids is 2. The summed E-state index contributed by atoms with van der Waals surface area (Å²) in [7, 11) is 0. The summed E-state index contributed by atoms with van der Waals surface area (Å²) >= 11 is 0. The molecule has 1 radical (unpaired) electrons. The second kappa shape index (κ2) is 2.79. The first-order chi connectivity index (χ1) is 7.27. The Morgan fingerprint density at radius 1 is 1.27 bits per heavy atom. The van der Waals surface area contributed by atoms with Gasteiger partial charge in [0.15, 0.2) is 0 Å². The number of hydrogen-bond acceptors (Lipinski definition) is 2. The van der Waals surface area contributed by atoms with Gasteiger partial charge in [0, 0.05) is 5.56 Å². The van der Waals surface area contributed by atoms with Crippen molar-refractivity contribution in [3.63, 3.8) is 0 Å². The Balaban J connectivity index is 2.31. The molecule has 1 aliphatic carbocycles. The first kappa shape index (κ1) is 8.41. The predicted molar refractivity (Wildman–Crippen MR) is 53.5 cm³/mol. The molecule has 1 atom stereocenters. The standard InChI is InChI=1S/C12H8NO2/c14-11-8-5-1-3-7-4-2-6-9(10(7)8)12(15)13-11/h1-3,5-6,9H,4H2. The molecule has 2 aliphatic rings. The molecule has 0 saturated heterocycles. The van der Waals surface area contributed by atoms with Gasteiger partial charge in [0.25, 0.3) is 11.8 Å². The Labute approximate surface area is 86.8 Å². The number of carbonyl (C=O) groups is 2. The molecule has 1 aliphatic heterocycles. The lowest BCUT2D eigenvalue weighted by Gasteiger charge is -2.25. The molecular formula is C12H8NO2. The molecule has 0 aromatic heterocycles. The lowest BCUT2D eigenvalue weighted by molar-refractivity contribution is -0.121. The predicted octanol–water partition coefficient (Wildman–Crippen LogP) is 1.17. The molecular weight excluding hydrogens is 190 g/mol. The zero-order valence-corrected chi connectivity index (χ0v) is 7.93. The minimum absolute atomic E-state index is 0.331. The van der Waals surface area contributed by atoms with E-state index >= 15 is 0 Å². The highest BCUT2D eigenvalue weighted by molar-refractivity contribution is 6.12. The van der Waals surface area contributed by atoms with E-state index in [1.165, 1.54) is 0 Å². The van der Waals surface area contributed by atoms with Crippen molar-refractivity contribution in [3.05, 3.63) is 47.0 Å². The maximum atomic E-state index is 11.5. The highest BCUT2D eigenvalue weighted by atomic mass is 16.2. The van der Waals surface area contributed by atoms with Crippen molar-refractivity contribution in [1.29, 1.82) is 0 Å². The van der Waals surface area contributed by atoms with Gasteiger partial charge < -0.3 is 0 Å². The SMILES string of the molecule is O=C1[N]C(=O)C2C=CCc3cccc1c32. The maximum absolute atomic E-state index is 11.5. The van der Waals surface area contributed by atoms with Crippen LogP contribution in [0.25, 0.3) is 0 Å². The summed E-state index contributed by atoms with van der Waals surface area (Å²) in [6.07, 6.45) is 4.59. The Kier molecular flexibility index (Phi) is 1.57. The summed E-state index contributed by atoms with van der Waals surface area (Å²) in [5, 5.41) is 3.52. The van der Waals surface area contributed by atoms with Crippen LogP contribution in [0.3, 0.4) is 0 Å². The molecule has 2 amide bonds. The molecule has 0 fully saturated rings. The summed E-state index contributed by atoms with van der Waals surface area (Å²) in [6, 6.07) is 5.54. The minimum Gasteiger partial charge on any atom is -0.271 e. The Morgan fingerprint density at radius 2 is 2.13 bits per heavy atom. The van der Waals surface area contributed by atoms with E-state index in [-0.39, 0.29) is 11.8 Å². The molecule has 73 valence electrons. The lowest BCUT2D eigenvalue weighted by atomic mass is 9.81. The van der Waals surface area contributed by atoms with Gasteiger partial charge in [-0.3, -0.25) is 9.59 Å². The van der Waals surface area contributed by atoms with E-state index in [4.69, 9.17) is 0 Å². The smallest absolute Gasteiger partial charge is 0.271 e. The van der Waals surface area contributed by atoms with Gasteiger partial charge in [0.2, 0.25) is 0 Å². The third-order valence-corrected chi connectivity index (χ3v) is 2.88. The van der Waals surface area contributed by atoms with Crippen LogP contribution in [0.15, 0.2) is 30.4 Å². The van der Waals surface area contributed by atoms with Crippen LogP contribution in [0.4, 0.5) is 0 Å². The number of amides is 2. The Hall–Kier alpha value is -1.90. The zero-order chi connectivity index (χ0) is 10.4. The number of rotatable bonds is 0. The van der Waals surface area contributed by atoms with Gasteiger partial charge in [-0.05, 0) is 23.6 Å². The van der Waals surface area contributed by atoms with Crippen LogP contribution in [-0.4, -0.2) is 11.8 Å². The molecule has 1 heterocycles. The number of allylic oxidation sites excluding steroid dienone is 1. The molecule has 0 bridgehead atoms. The van der Waals surface area contributed by atoms with Crippen molar-refractivity contribution in [1.82, 2.24) is 5.32 Å². The first-order valence-electron chi connectivity index (χ1n) is 4.86. The van der Waals surface area contributed by atoms with Crippen molar-refractivity contribution in [2.75, 3.05) is 0 Å². The van der Waals surface area contributed by atoms with Crippen LogP contribution in [0, 0.1) is 0 Å². The topological polar surface area (TPSA) is 48.2 Å². The van der Waals surface area contributed by atoms with Crippen LogP contribution in [0.2, 0.25) is 0 Å². The molecule has 3 rings (SSSR count). The molecule has 0 saturated carbocycles. The van der Waals surface area contributed by atoms with Crippen molar-refractivity contribution in [2.24, 2.45) is 0 Å².